The topological polar surface area (TPSA) is 74.8 Å². The lowest BCUT2D eigenvalue weighted by Crippen LogP contribution is -2.35. The molecular weight excluding hydrogens is 321 g/mol. The highest BCUT2D eigenvalue weighted by atomic mass is 19.1. The van der Waals surface area contributed by atoms with E-state index in [1.165, 1.54) is 6.07 Å². The van der Waals surface area contributed by atoms with Crippen LogP contribution in [-0.4, -0.2) is 31.4 Å². The van der Waals surface area contributed by atoms with Crippen LogP contribution < -0.4 is 5.56 Å². The van der Waals surface area contributed by atoms with Crippen LogP contribution >= 0.6 is 0 Å². The van der Waals surface area contributed by atoms with Crippen molar-refractivity contribution in [2.75, 3.05) is 6.54 Å². The second kappa shape index (κ2) is 6.52. The molecule has 0 radical (unpaired) electrons. The van der Waals surface area contributed by atoms with Crippen molar-refractivity contribution in [3.05, 3.63) is 75.8 Å². The van der Waals surface area contributed by atoms with Gasteiger partial charge in [0.05, 0.1) is 17.5 Å². The molecule has 4 rings (SSSR count). The monoisotopic (exact) mass is 337 g/mol. The summed E-state index contributed by atoms with van der Waals surface area (Å²) < 4.78 is 13.8. The fourth-order valence-electron chi connectivity index (χ4n) is 3.03. The Morgan fingerprint density at radius 2 is 2.12 bits per heavy atom. The molecule has 0 saturated carbocycles. The number of rotatable bonds is 3. The van der Waals surface area contributed by atoms with Crippen molar-refractivity contribution >= 4 is 0 Å². The van der Waals surface area contributed by atoms with Gasteiger partial charge in [-0.15, -0.1) is 0 Å². The second-order valence-corrected chi connectivity index (χ2v) is 5.98. The summed E-state index contributed by atoms with van der Waals surface area (Å²) in [5, 5.41) is 0. The maximum absolute atomic E-state index is 13.8. The summed E-state index contributed by atoms with van der Waals surface area (Å²) in [4.78, 5) is 30.0. The van der Waals surface area contributed by atoms with E-state index in [1.54, 1.807) is 30.7 Å². The molecule has 25 heavy (non-hydrogen) atoms. The Morgan fingerprint density at radius 3 is 2.92 bits per heavy atom. The second-order valence-electron chi connectivity index (χ2n) is 5.98. The quantitative estimate of drug-likeness (QED) is 0.790. The number of nitrogens with one attached hydrogen (secondary N) is 1. The Balaban J connectivity index is 1.60. The Bertz CT molecular complexity index is 957. The number of aromatic amines is 1. The minimum atomic E-state index is -0.224. The molecule has 3 heterocycles. The number of aromatic nitrogens is 4. The van der Waals surface area contributed by atoms with Gasteiger partial charge < -0.3 is 4.98 Å². The van der Waals surface area contributed by atoms with Crippen LogP contribution in [0.1, 0.15) is 16.8 Å². The highest BCUT2D eigenvalue weighted by Crippen LogP contribution is 2.19. The third-order valence-corrected chi connectivity index (χ3v) is 4.31. The summed E-state index contributed by atoms with van der Waals surface area (Å²) in [5.41, 5.74) is 2.40. The van der Waals surface area contributed by atoms with Crippen LogP contribution in [0.2, 0.25) is 0 Å². The summed E-state index contributed by atoms with van der Waals surface area (Å²) in [6, 6.07) is 6.71. The van der Waals surface area contributed by atoms with Crippen LogP contribution in [0.15, 0.2) is 47.7 Å². The number of benzene rings is 1. The average Bonchev–Trinajstić information content (AvgIpc) is 2.65. The molecule has 1 aliphatic heterocycles. The molecular formula is C18H16FN5O. The van der Waals surface area contributed by atoms with Gasteiger partial charge in [-0.3, -0.25) is 14.7 Å². The molecule has 0 saturated heterocycles. The van der Waals surface area contributed by atoms with Gasteiger partial charge in [0.1, 0.15) is 11.5 Å². The van der Waals surface area contributed by atoms with Crippen molar-refractivity contribution in [3.8, 4) is 11.5 Å². The fourth-order valence-corrected chi connectivity index (χ4v) is 3.03. The van der Waals surface area contributed by atoms with Gasteiger partial charge in [-0.25, -0.2) is 14.4 Å². The van der Waals surface area contributed by atoms with E-state index in [0.29, 0.717) is 42.2 Å². The maximum atomic E-state index is 13.8. The van der Waals surface area contributed by atoms with E-state index < -0.39 is 0 Å². The highest BCUT2D eigenvalue weighted by Gasteiger charge is 2.22. The van der Waals surface area contributed by atoms with E-state index in [9.17, 15) is 9.18 Å². The first-order valence-electron chi connectivity index (χ1n) is 8.05. The zero-order valence-electron chi connectivity index (χ0n) is 13.4. The Hall–Kier alpha value is -2.93. The molecule has 0 aliphatic carbocycles. The van der Waals surface area contributed by atoms with Crippen LogP contribution in [0.25, 0.3) is 11.5 Å². The molecule has 0 unspecified atom stereocenters. The van der Waals surface area contributed by atoms with Crippen molar-refractivity contribution in [2.45, 2.75) is 19.5 Å². The molecule has 6 nitrogen and oxygen atoms in total. The predicted octanol–water partition coefficient (Wildman–Crippen LogP) is 1.92. The molecule has 1 aliphatic rings. The van der Waals surface area contributed by atoms with Gasteiger partial charge in [0, 0.05) is 44.0 Å². The van der Waals surface area contributed by atoms with Crippen molar-refractivity contribution < 1.29 is 4.39 Å². The first-order chi connectivity index (χ1) is 12.2. The Kier molecular flexibility index (Phi) is 4.07. The molecule has 126 valence electrons. The van der Waals surface area contributed by atoms with Crippen LogP contribution in [0, 0.1) is 5.82 Å². The molecule has 0 bridgehead atoms. The third kappa shape index (κ3) is 3.18. The number of hydrogen-bond acceptors (Lipinski definition) is 5. The Morgan fingerprint density at radius 1 is 1.24 bits per heavy atom. The zero-order valence-corrected chi connectivity index (χ0v) is 13.4. The van der Waals surface area contributed by atoms with E-state index >= 15 is 0 Å². The maximum Gasteiger partial charge on any atom is 0.255 e. The van der Waals surface area contributed by atoms with Gasteiger partial charge in [-0.1, -0.05) is 18.2 Å². The highest BCUT2D eigenvalue weighted by molar-refractivity contribution is 5.47. The van der Waals surface area contributed by atoms with Crippen molar-refractivity contribution in [3.63, 3.8) is 0 Å². The smallest absolute Gasteiger partial charge is 0.255 e. The van der Waals surface area contributed by atoms with E-state index in [2.05, 4.69) is 24.8 Å². The minimum absolute atomic E-state index is 0.177. The first-order valence-corrected chi connectivity index (χ1v) is 8.05. The molecule has 7 heteroatoms. The largest absolute Gasteiger partial charge is 0.305 e. The number of H-pyrrole nitrogens is 1. The number of hydrogen-bond donors (Lipinski definition) is 1. The van der Waals surface area contributed by atoms with Gasteiger partial charge >= 0.3 is 0 Å². The molecule has 1 aromatic carbocycles. The molecule has 3 aromatic rings. The van der Waals surface area contributed by atoms with Gasteiger partial charge in [-0.05, 0) is 6.07 Å². The normalized spacial score (nSPS) is 14.3. The molecule has 0 atom stereocenters. The molecule has 0 spiro atoms. The van der Waals surface area contributed by atoms with Crippen LogP contribution in [0.5, 0.6) is 0 Å². The summed E-state index contributed by atoms with van der Waals surface area (Å²) in [6.45, 7) is 1.64. The first kappa shape index (κ1) is 15.6. The fraction of sp³-hybridized carbons (Fsp3) is 0.222. The summed E-state index contributed by atoms with van der Waals surface area (Å²) in [5.74, 6) is 0.206. The van der Waals surface area contributed by atoms with E-state index in [4.69, 9.17) is 0 Å². The third-order valence-electron chi connectivity index (χ3n) is 4.31. The SMILES string of the molecule is O=c1[nH]c(-c2cnccn2)nc2c1CN(Cc1ccccc1F)CC2. The van der Waals surface area contributed by atoms with Gasteiger partial charge in [0.2, 0.25) is 0 Å². The van der Waals surface area contributed by atoms with Crippen molar-refractivity contribution in [2.24, 2.45) is 0 Å². The molecule has 0 amide bonds. The minimum Gasteiger partial charge on any atom is -0.305 e. The number of fused-ring (bicyclic) bond motifs is 1. The van der Waals surface area contributed by atoms with Crippen LogP contribution in [0.3, 0.4) is 0 Å². The number of nitrogens with zero attached hydrogens (tertiary/aromatic N) is 4. The van der Waals surface area contributed by atoms with E-state index in [1.807, 2.05) is 6.07 Å². The summed E-state index contributed by atoms with van der Waals surface area (Å²) >= 11 is 0. The average molecular weight is 337 g/mol. The lowest BCUT2D eigenvalue weighted by Gasteiger charge is -2.27. The predicted molar refractivity (Wildman–Crippen MR) is 90.1 cm³/mol. The lowest BCUT2D eigenvalue weighted by molar-refractivity contribution is 0.238. The van der Waals surface area contributed by atoms with Crippen molar-refractivity contribution in [1.29, 1.82) is 0 Å². The lowest BCUT2D eigenvalue weighted by atomic mass is 10.1. The Labute approximate surface area is 143 Å². The molecule has 1 N–H and O–H groups in total. The van der Waals surface area contributed by atoms with Crippen LogP contribution in [0.4, 0.5) is 4.39 Å². The van der Waals surface area contributed by atoms with Gasteiger partial charge in [0.15, 0.2) is 5.82 Å². The van der Waals surface area contributed by atoms with Gasteiger partial charge in [-0.2, -0.15) is 0 Å². The molecule has 0 fully saturated rings. The number of halogens is 1. The van der Waals surface area contributed by atoms with E-state index in [0.717, 1.165) is 12.2 Å². The summed E-state index contributed by atoms with van der Waals surface area (Å²) in [6.07, 6.45) is 5.34. The molecule has 2 aromatic heterocycles. The summed E-state index contributed by atoms with van der Waals surface area (Å²) in [7, 11) is 0. The van der Waals surface area contributed by atoms with E-state index in [-0.39, 0.29) is 11.4 Å². The van der Waals surface area contributed by atoms with Crippen LogP contribution in [-0.2, 0) is 19.5 Å². The standard InChI is InChI=1S/C18H16FN5O/c19-14-4-2-1-3-12(14)10-24-8-5-15-13(11-24)18(25)23-17(22-15)16-9-20-6-7-21-16/h1-4,6-7,9H,5,8,10-11H2,(H,22,23,25). The van der Waals surface area contributed by atoms with Crippen molar-refractivity contribution in [1.82, 2.24) is 24.8 Å². The zero-order chi connectivity index (χ0) is 17.2. The van der Waals surface area contributed by atoms with Gasteiger partial charge in [0.25, 0.3) is 5.56 Å².